The highest BCUT2D eigenvalue weighted by Gasteiger charge is 2.34. The standard InChI is InChI=1S/C17H12ClF3N2O3/c18-11-2-4-12(5-3-11)26-9-16(25)23-8-15(24)22-13-7-10(17(19,20)21)1-6-14(13)23/h1-7H,8-9H2,(H,22,24). The summed E-state index contributed by atoms with van der Waals surface area (Å²) in [4.78, 5) is 25.3. The first-order valence-corrected chi connectivity index (χ1v) is 7.81. The minimum atomic E-state index is -4.55. The van der Waals surface area contributed by atoms with Gasteiger partial charge in [-0.15, -0.1) is 0 Å². The molecular formula is C17H12ClF3N2O3. The Morgan fingerprint density at radius 2 is 1.88 bits per heavy atom. The van der Waals surface area contributed by atoms with Crippen molar-refractivity contribution in [3.05, 3.63) is 53.1 Å². The van der Waals surface area contributed by atoms with Crippen LogP contribution in [-0.2, 0) is 15.8 Å². The Hall–Kier alpha value is -2.74. The van der Waals surface area contributed by atoms with Crippen LogP contribution in [0, 0.1) is 0 Å². The van der Waals surface area contributed by atoms with Crippen molar-refractivity contribution in [2.75, 3.05) is 23.4 Å². The third-order valence-corrected chi connectivity index (χ3v) is 3.92. The lowest BCUT2D eigenvalue weighted by atomic mass is 10.1. The lowest BCUT2D eigenvalue weighted by Gasteiger charge is -2.29. The fraction of sp³-hybridized carbons (Fsp3) is 0.176. The van der Waals surface area contributed by atoms with Crippen LogP contribution >= 0.6 is 11.6 Å². The topological polar surface area (TPSA) is 58.6 Å². The van der Waals surface area contributed by atoms with Gasteiger partial charge in [0, 0.05) is 5.02 Å². The van der Waals surface area contributed by atoms with Gasteiger partial charge in [-0.3, -0.25) is 14.5 Å². The number of rotatable bonds is 3. The van der Waals surface area contributed by atoms with Gasteiger partial charge in [-0.25, -0.2) is 0 Å². The van der Waals surface area contributed by atoms with Crippen LogP contribution < -0.4 is 15.0 Å². The number of carbonyl (C=O) groups is 2. The second-order valence-corrected chi connectivity index (χ2v) is 5.94. The molecule has 3 rings (SSSR count). The lowest BCUT2D eigenvalue weighted by molar-refractivity contribution is -0.137. The fourth-order valence-corrected chi connectivity index (χ4v) is 2.57. The minimum absolute atomic E-state index is 0.0732. The summed E-state index contributed by atoms with van der Waals surface area (Å²) in [6, 6.07) is 9.12. The molecule has 0 aromatic heterocycles. The molecule has 0 atom stereocenters. The molecule has 2 aromatic rings. The van der Waals surface area contributed by atoms with Crippen LogP contribution in [0.25, 0.3) is 0 Å². The number of carbonyl (C=O) groups excluding carboxylic acids is 2. The first-order valence-electron chi connectivity index (χ1n) is 7.44. The summed E-state index contributed by atoms with van der Waals surface area (Å²) in [6.07, 6.45) is -4.55. The van der Waals surface area contributed by atoms with Gasteiger partial charge < -0.3 is 10.1 Å². The van der Waals surface area contributed by atoms with E-state index in [4.69, 9.17) is 16.3 Å². The maximum absolute atomic E-state index is 12.8. The molecule has 1 aliphatic rings. The number of fused-ring (bicyclic) bond motifs is 1. The fourth-order valence-electron chi connectivity index (χ4n) is 2.44. The molecule has 0 aliphatic carbocycles. The molecule has 1 N–H and O–H groups in total. The van der Waals surface area contributed by atoms with E-state index in [0.717, 1.165) is 23.1 Å². The van der Waals surface area contributed by atoms with E-state index in [1.807, 2.05) is 0 Å². The number of anilines is 2. The molecule has 26 heavy (non-hydrogen) atoms. The summed E-state index contributed by atoms with van der Waals surface area (Å²) in [7, 11) is 0. The van der Waals surface area contributed by atoms with Crippen molar-refractivity contribution in [3.63, 3.8) is 0 Å². The number of alkyl halides is 3. The Balaban J connectivity index is 1.79. The van der Waals surface area contributed by atoms with Crippen LogP contribution in [-0.4, -0.2) is 25.0 Å². The number of halogens is 4. The first kappa shape index (κ1) is 18.1. The van der Waals surface area contributed by atoms with Crippen molar-refractivity contribution in [2.24, 2.45) is 0 Å². The van der Waals surface area contributed by atoms with Crippen LogP contribution in [0.5, 0.6) is 5.75 Å². The molecule has 0 saturated heterocycles. The van der Waals surface area contributed by atoms with Crippen LogP contribution in [0.15, 0.2) is 42.5 Å². The summed E-state index contributed by atoms with van der Waals surface area (Å²) < 4.78 is 43.8. The minimum Gasteiger partial charge on any atom is -0.484 e. The van der Waals surface area contributed by atoms with Crippen LogP contribution in [0.4, 0.5) is 24.5 Å². The Labute approximate surface area is 151 Å². The highest BCUT2D eigenvalue weighted by atomic mass is 35.5. The number of nitrogens with one attached hydrogen (secondary N) is 1. The predicted octanol–water partition coefficient (Wildman–Crippen LogP) is 3.72. The van der Waals surface area contributed by atoms with Crippen molar-refractivity contribution in [3.8, 4) is 5.75 Å². The molecule has 0 bridgehead atoms. The third kappa shape index (κ3) is 3.91. The number of hydrogen-bond acceptors (Lipinski definition) is 3. The third-order valence-electron chi connectivity index (χ3n) is 3.67. The van der Waals surface area contributed by atoms with Crippen molar-refractivity contribution < 1.29 is 27.5 Å². The maximum atomic E-state index is 12.8. The number of amides is 2. The number of nitrogens with zero attached hydrogens (tertiary/aromatic N) is 1. The van der Waals surface area contributed by atoms with Crippen molar-refractivity contribution in [1.29, 1.82) is 0 Å². The molecule has 0 saturated carbocycles. The van der Waals surface area contributed by atoms with Gasteiger partial charge in [-0.05, 0) is 42.5 Å². The highest BCUT2D eigenvalue weighted by Crippen LogP contribution is 2.36. The van der Waals surface area contributed by atoms with Gasteiger partial charge in [-0.1, -0.05) is 11.6 Å². The zero-order chi connectivity index (χ0) is 18.9. The molecular weight excluding hydrogens is 373 g/mol. The Kier molecular flexibility index (Phi) is 4.78. The normalized spacial score (nSPS) is 13.8. The van der Waals surface area contributed by atoms with Crippen LogP contribution in [0.3, 0.4) is 0 Å². The molecule has 0 radical (unpaired) electrons. The number of benzene rings is 2. The lowest BCUT2D eigenvalue weighted by Crippen LogP contribution is -2.44. The molecule has 0 spiro atoms. The Morgan fingerprint density at radius 3 is 2.54 bits per heavy atom. The second-order valence-electron chi connectivity index (χ2n) is 5.50. The summed E-state index contributed by atoms with van der Waals surface area (Å²) >= 11 is 5.76. The molecule has 5 nitrogen and oxygen atoms in total. The van der Waals surface area contributed by atoms with Gasteiger partial charge in [-0.2, -0.15) is 13.2 Å². The molecule has 0 unspecified atom stereocenters. The van der Waals surface area contributed by atoms with E-state index in [-0.39, 0.29) is 24.5 Å². The maximum Gasteiger partial charge on any atom is 0.416 e. The van der Waals surface area contributed by atoms with Gasteiger partial charge in [0.2, 0.25) is 5.91 Å². The number of hydrogen-bond donors (Lipinski definition) is 1. The summed E-state index contributed by atoms with van der Waals surface area (Å²) in [5.41, 5.74) is -0.804. The molecule has 1 aliphatic heterocycles. The van der Waals surface area contributed by atoms with Gasteiger partial charge in [0.25, 0.3) is 5.91 Å². The SMILES string of the molecule is O=C1CN(C(=O)COc2ccc(Cl)cc2)c2ccc(C(F)(F)F)cc2N1. The van der Waals surface area contributed by atoms with Gasteiger partial charge in [0.1, 0.15) is 12.3 Å². The molecule has 136 valence electrons. The number of ether oxygens (including phenoxy) is 1. The monoisotopic (exact) mass is 384 g/mol. The van der Waals surface area contributed by atoms with Gasteiger partial charge in [0.05, 0.1) is 16.9 Å². The zero-order valence-corrected chi connectivity index (χ0v) is 13.9. The first-order chi connectivity index (χ1) is 12.2. The van der Waals surface area contributed by atoms with Crippen molar-refractivity contribution >= 4 is 34.8 Å². The Morgan fingerprint density at radius 1 is 1.19 bits per heavy atom. The smallest absolute Gasteiger partial charge is 0.416 e. The molecule has 9 heteroatoms. The average Bonchev–Trinajstić information content (AvgIpc) is 2.59. The molecule has 2 aromatic carbocycles. The van der Waals surface area contributed by atoms with Crippen molar-refractivity contribution in [1.82, 2.24) is 0 Å². The van der Waals surface area contributed by atoms with Crippen molar-refractivity contribution in [2.45, 2.75) is 6.18 Å². The van der Waals surface area contributed by atoms with E-state index >= 15 is 0 Å². The molecule has 1 heterocycles. The highest BCUT2D eigenvalue weighted by molar-refractivity contribution is 6.30. The van der Waals surface area contributed by atoms with E-state index < -0.39 is 23.6 Å². The molecule has 0 fully saturated rings. The quantitative estimate of drug-likeness (QED) is 0.877. The summed E-state index contributed by atoms with van der Waals surface area (Å²) in [6.45, 7) is -0.684. The Bertz CT molecular complexity index is 853. The van der Waals surface area contributed by atoms with E-state index in [1.165, 1.54) is 0 Å². The zero-order valence-electron chi connectivity index (χ0n) is 13.1. The van der Waals surface area contributed by atoms with Crippen LogP contribution in [0.1, 0.15) is 5.56 Å². The summed E-state index contributed by atoms with van der Waals surface area (Å²) in [5.74, 6) is -0.746. The van der Waals surface area contributed by atoms with Gasteiger partial charge in [0.15, 0.2) is 6.61 Å². The molecule has 2 amide bonds. The second kappa shape index (κ2) is 6.87. The van der Waals surface area contributed by atoms with Gasteiger partial charge >= 0.3 is 6.18 Å². The van der Waals surface area contributed by atoms with E-state index in [9.17, 15) is 22.8 Å². The summed E-state index contributed by atoms with van der Waals surface area (Å²) in [5, 5.41) is 2.85. The van der Waals surface area contributed by atoms with Crippen LogP contribution in [0.2, 0.25) is 5.02 Å². The van der Waals surface area contributed by atoms with E-state index in [0.29, 0.717) is 10.8 Å². The van der Waals surface area contributed by atoms with E-state index in [1.54, 1.807) is 24.3 Å². The predicted molar refractivity (Wildman–Crippen MR) is 89.4 cm³/mol. The average molecular weight is 385 g/mol. The largest absolute Gasteiger partial charge is 0.484 e. The van der Waals surface area contributed by atoms with E-state index in [2.05, 4.69) is 5.32 Å².